The molecule has 0 unspecified atom stereocenters. The van der Waals surface area contributed by atoms with Crippen LogP contribution >= 0.6 is 15.9 Å². The van der Waals surface area contributed by atoms with Crippen LogP contribution in [0.2, 0.25) is 0 Å². The van der Waals surface area contributed by atoms with Crippen molar-refractivity contribution in [2.24, 2.45) is 5.92 Å². The van der Waals surface area contributed by atoms with E-state index in [-0.39, 0.29) is 5.78 Å². The maximum Gasteiger partial charge on any atom is 0.343 e. The molecule has 0 aromatic heterocycles. The number of hydrogen-bond acceptors (Lipinski definition) is 4. The van der Waals surface area contributed by atoms with E-state index in [1.807, 2.05) is 115 Å². The van der Waals surface area contributed by atoms with Gasteiger partial charge in [0, 0.05) is 16.0 Å². The Balaban J connectivity index is 1.80. The second-order valence-corrected chi connectivity index (χ2v) is 9.74. The highest BCUT2D eigenvalue weighted by molar-refractivity contribution is 9.10. The Morgan fingerprint density at radius 3 is 1.89 bits per heavy atom. The van der Waals surface area contributed by atoms with Crippen molar-refractivity contribution < 1.29 is 19.1 Å². The van der Waals surface area contributed by atoms with Crippen LogP contribution in [0.5, 0.6) is 0 Å². The van der Waals surface area contributed by atoms with Crippen molar-refractivity contribution >= 4 is 27.7 Å². The first-order chi connectivity index (χ1) is 17.6. The van der Waals surface area contributed by atoms with Gasteiger partial charge in [-0.3, -0.25) is 4.79 Å². The average Bonchev–Trinajstić information content (AvgIpc) is 3.31. The summed E-state index contributed by atoms with van der Waals surface area (Å²) in [6.45, 7) is 0. The number of hydrogen-bond donors (Lipinski definition) is 0. The molecule has 0 aliphatic carbocycles. The van der Waals surface area contributed by atoms with E-state index < -0.39 is 29.5 Å². The maximum absolute atomic E-state index is 14.3. The molecule has 1 aliphatic rings. The molecule has 0 amide bonds. The minimum atomic E-state index is -1.52. The van der Waals surface area contributed by atoms with E-state index in [2.05, 4.69) is 15.9 Å². The van der Waals surface area contributed by atoms with E-state index in [0.717, 1.165) is 15.6 Å². The first-order valence-electron chi connectivity index (χ1n) is 11.8. The predicted octanol–water partition coefficient (Wildman–Crippen LogP) is 6.87. The van der Waals surface area contributed by atoms with Crippen LogP contribution in [0.15, 0.2) is 120 Å². The fourth-order valence-corrected chi connectivity index (χ4v) is 5.53. The van der Waals surface area contributed by atoms with E-state index in [9.17, 15) is 9.59 Å². The van der Waals surface area contributed by atoms with E-state index in [4.69, 9.17) is 9.47 Å². The fourth-order valence-electron chi connectivity index (χ4n) is 5.27. The zero-order chi connectivity index (χ0) is 25.1. The smallest absolute Gasteiger partial charge is 0.343 e. The van der Waals surface area contributed by atoms with Crippen molar-refractivity contribution in [2.45, 2.75) is 17.6 Å². The Morgan fingerprint density at radius 2 is 1.31 bits per heavy atom. The van der Waals surface area contributed by atoms with Gasteiger partial charge < -0.3 is 9.47 Å². The largest absolute Gasteiger partial charge is 0.467 e. The standard InChI is InChI=1S/C31H25BrO4/c1-35-30(34)31(24-15-9-4-10-16-24)27(21-11-5-2-6-12-21)26(28(33)22-13-7-3-8-14-22)29(36-31)23-17-19-25(32)20-18-23/h2-20,26-27,29H,1H3/t26-,27+,29-,31-/m1/s1. The first-order valence-corrected chi connectivity index (χ1v) is 12.6. The Morgan fingerprint density at radius 1 is 0.750 bits per heavy atom. The van der Waals surface area contributed by atoms with Gasteiger partial charge in [-0.15, -0.1) is 0 Å². The third-order valence-electron chi connectivity index (χ3n) is 6.85. The predicted molar refractivity (Wildman–Crippen MR) is 142 cm³/mol. The van der Waals surface area contributed by atoms with E-state index in [1.165, 1.54) is 7.11 Å². The number of ketones is 1. The quantitative estimate of drug-likeness (QED) is 0.198. The highest BCUT2D eigenvalue weighted by atomic mass is 79.9. The van der Waals surface area contributed by atoms with Gasteiger partial charge in [0.25, 0.3) is 0 Å². The highest BCUT2D eigenvalue weighted by Gasteiger charge is 2.63. The minimum absolute atomic E-state index is 0.0842. The third-order valence-corrected chi connectivity index (χ3v) is 7.37. The van der Waals surface area contributed by atoms with Crippen molar-refractivity contribution in [1.29, 1.82) is 0 Å². The summed E-state index contributed by atoms with van der Waals surface area (Å²) in [6, 6.07) is 35.9. The molecule has 0 N–H and O–H groups in total. The van der Waals surface area contributed by atoms with Crippen LogP contribution in [0.4, 0.5) is 0 Å². The second-order valence-electron chi connectivity index (χ2n) is 8.83. The Bertz CT molecular complexity index is 1340. The van der Waals surface area contributed by atoms with Crippen LogP contribution in [0, 0.1) is 5.92 Å². The summed E-state index contributed by atoms with van der Waals surface area (Å²) in [5.74, 6) is -1.93. The topological polar surface area (TPSA) is 52.6 Å². The normalized spacial score (nSPS) is 23.2. The van der Waals surface area contributed by atoms with Gasteiger partial charge in [-0.05, 0) is 28.8 Å². The third kappa shape index (κ3) is 4.19. The van der Waals surface area contributed by atoms with Gasteiger partial charge in [0.1, 0.15) is 0 Å². The monoisotopic (exact) mass is 540 g/mol. The average molecular weight is 541 g/mol. The summed E-state index contributed by atoms with van der Waals surface area (Å²) in [5, 5.41) is 0. The van der Waals surface area contributed by atoms with Gasteiger partial charge in [-0.1, -0.05) is 119 Å². The molecule has 36 heavy (non-hydrogen) atoms. The van der Waals surface area contributed by atoms with Gasteiger partial charge >= 0.3 is 5.97 Å². The molecule has 1 fully saturated rings. The van der Waals surface area contributed by atoms with Crippen LogP contribution in [0.3, 0.4) is 0 Å². The molecule has 5 heteroatoms. The van der Waals surface area contributed by atoms with Crippen molar-refractivity contribution in [3.8, 4) is 0 Å². The second kappa shape index (κ2) is 10.2. The van der Waals surface area contributed by atoms with Crippen molar-refractivity contribution in [3.05, 3.63) is 142 Å². The first kappa shape index (κ1) is 24.2. The summed E-state index contributed by atoms with van der Waals surface area (Å²) in [5.41, 5.74) is 1.35. The molecule has 4 aromatic rings. The summed E-state index contributed by atoms with van der Waals surface area (Å²) >= 11 is 3.50. The lowest BCUT2D eigenvalue weighted by Crippen LogP contribution is -2.42. The molecule has 0 spiro atoms. The summed E-state index contributed by atoms with van der Waals surface area (Å²) in [6.07, 6.45) is -0.685. The van der Waals surface area contributed by atoms with Crippen LogP contribution in [-0.4, -0.2) is 18.9 Å². The number of rotatable bonds is 6. The zero-order valence-corrected chi connectivity index (χ0v) is 21.3. The number of ether oxygens (including phenoxy) is 2. The van der Waals surface area contributed by atoms with Gasteiger partial charge in [0.05, 0.1) is 19.1 Å². The zero-order valence-electron chi connectivity index (χ0n) is 19.7. The Kier molecular flexibility index (Phi) is 6.86. The lowest BCUT2D eigenvalue weighted by atomic mass is 9.69. The molecule has 1 heterocycles. The van der Waals surface area contributed by atoms with Crippen LogP contribution in [0.1, 0.15) is 39.1 Å². The number of carbonyl (C=O) groups excluding carboxylic acids is 2. The number of carbonyl (C=O) groups is 2. The molecule has 0 radical (unpaired) electrons. The molecule has 1 aliphatic heterocycles. The molecule has 1 saturated heterocycles. The SMILES string of the molecule is COC(=O)[C@]1(c2ccccc2)O[C@H](c2ccc(Br)cc2)[C@@H](C(=O)c2ccccc2)[C@@H]1c1ccccc1. The Labute approximate surface area is 219 Å². The van der Waals surface area contributed by atoms with Crippen LogP contribution in [0.25, 0.3) is 0 Å². The van der Waals surface area contributed by atoms with Crippen LogP contribution in [-0.2, 0) is 19.9 Å². The van der Waals surface area contributed by atoms with Crippen molar-refractivity contribution in [1.82, 2.24) is 0 Å². The summed E-state index contributed by atoms with van der Waals surface area (Å²) in [4.78, 5) is 28.1. The molecular weight excluding hydrogens is 516 g/mol. The number of methoxy groups -OCH3 is 1. The number of Topliss-reactive ketones (excluding diaryl/α,β-unsaturated/α-hetero) is 1. The number of benzene rings is 4. The minimum Gasteiger partial charge on any atom is -0.467 e. The van der Waals surface area contributed by atoms with Gasteiger partial charge in [0.2, 0.25) is 0 Å². The van der Waals surface area contributed by atoms with E-state index >= 15 is 0 Å². The lowest BCUT2D eigenvalue weighted by molar-refractivity contribution is -0.171. The van der Waals surface area contributed by atoms with Gasteiger partial charge in [0.15, 0.2) is 11.4 Å². The maximum atomic E-state index is 14.3. The molecule has 0 bridgehead atoms. The lowest BCUT2D eigenvalue weighted by Gasteiger charge is -2.33. The van der Waals surface area contributed by atoms with E-state index in [1.54, 1.807) is 0 Å². The van der Waals surface area contributed by atoms with Gasteiger partial charge in [-0.2, -0.15) is 0 Å². The molecular formula is C31H25BrO4. The van der Waals surface area contributed by atoms with Gasteiger partial charge in [-0.25, -0.2) is 4.79 Å². The van der Waals surface area contributed by atoms with Crippen molar-refractivity contribution in [2.75, 3.05) is 7.11 Å². The molecule has 4 nitrogen and oxygen atoms in total. The summed E-state index contributed by atoms with van der Waals surface area (Å²) in [7, 11) is 1.36. The summed E-state index contributed by atoms with van der Waals surface area (Å²) < 4.78 is 13.1. The van der Waals surface area contributed by atoms with Crippen molar-refractivity contribution in [3.63, 3.8) is 0 Å². The van der Waals surface area contributed by atoms with E-state index in [0.29, 0.717) is 11.1 Å². The fraction of sp³-hybridized carbons (Fsp3) is 0.161. The molecule has 180 valence electrons. The highest BCUT2D eigenvalue weighted by Crippen LogP contribution is 2.59. The molecule has 4 atom stereocenters. The molecule has 5 rings (SSSR count). The number of esters is 1. The Hall–Kier alpha value is -3.54. The molecule has 4 aromatic carbocycles. The molecule has 0 saturated carbocycles. The van der Waals surface area contributed by atoms with Crippen LogP contribution < -0.4 is 0 Å². The number of halogens is 1.